The van der Waals surface area contributed by atoms with Crippen LogP contribution in [-0.4, -0.2) is 21.3 Å². The molecule has 0 aliphatic heterocycles. The topological polar surface area (TPSA) is 66.0 Å². The number of H-pyrrole nitrogens is 1. The molecule has 2 N–H and O–H groups in total. The summed E-state index contributed by atoms with van der Waals surface area (Å²) in [6.45, 7) is 0. The number of nitrogens with zero attached hydrogens (tertiary/aromatic N) is 1. The Hall–Kier alpha value is -2.04. The van der Waals surface area contributed by atoms with E-state index >= 15 is 0 Å². The van der Waals surface area contributed by atoms with Crippen LogP contribution in [0.2, 0.25) is 10.0 Å². The Morgan fingerprint density at radius 1 is 1.10 bits per heavy atom. The molecule has 0 radical (unpaired) electrons. The lowest BCUT2D eigenvalue weighted by atomic mass is 10.1. The highest BCUT2D eigenvalue weighted by Gasteiger charge is 2.12. The van der Waals surface area contributed by atoms with E-state index in [-0.39, 0.29) is 5.56 Å². The Morgan fingerprint density at radius 3 is 2.45 bits per heavy atom. The number of rotatable bonds is 2. The number of carboxylic acid groups (broad SMARTS) is 1. The fourth-order valence-corrected chi connectivity index (χ4v) is 2.59. The standard InChI is InChI=1S/C14H8Cl2N2O2/c15-9-3-8(4-10(16)6-9)13-11-2-1-7(14(19)20)5-12(11)17-18-13/h1-6H,(H,17,18)(H,19,20). The molecule has 100 valence electrons. The van der Waals surface area contributed by atoms with Crippen molar-refractivity contribution in [1.29, 1.82) is 0 Å². The predicted octanol–water partition coefficient (Wildman–Crippen LogP) is 4.23. The SMILES string of the molecule is O=C(O)c1ccc2c(-c3cc(Cl)cc(Cl)c3)n[nH]c2c1. The smallest absolute Gasteiger partial charge is 0.335 e. The van der Waals surface area contributed by atoms with Crippen LogP contribution in [0, 0.1) is 0 Å². The number of fused-ring (bicyclic) bond motifs is 1. The zero-order chi connectivity index (χ0) is 14.3. The molecule has 20 heavy (non-hydrogen) atoms. The number of hydrogen-bond donors (Lipinski definition) is 2. The lowest BCUT2D eigenvalue weighted by Crippen LogP contribution is -1.94. The molecule has 0 aliphatic carbocycles. The van der Waals surface area contributed by atoms with Crippen LogP contribution in [0.15, 0.2) is 36.4 Å². The minimum absolute atomic E-state index is 0.205. The minimum Gasteiger partial charge on any atom is -0.478 e. The molecule has 3 rings (SSSR count). The third kappa shape index (κ3) is 2.24. The molecule has 0 amide bonds. The first-order valence-corrected chi connectivity index (χ1v) is 6.48. The number of hydrogen-bond acceptors (Lipinski definition) is 2. The van der Waals surface area contributed by atoms with Crippen LogP contribution in [0.3, 0.4) is 0 Å². The molecule has 0 saturated heterocycles. The van der Waals surface area contributed by atoms with Crippen molar-refractivity contribution in [2.75, 3.05) is 0 Å². The van der Waals surface area contributed by atoms with Crippen LogP contribution in [0.1, 0.15) is 10.4 Å². The van der Waals surface area contributed by atoms with Gasteiger partial charge in [-0.3, -0.25) is 5.10 Å². The molecule has 0 aliphatic rings. The van der Waals surface area contributed by atoms with Crippen LogP contribution in [-0.2, 0) is 0 Å². The molecular formula is C14H8Cl2N2O2. The van der Waals surface area contributed by atoms with Gasteiger partial charge in [0.1, 0.15) is 0 Å². The Balaban J connectivity index is 2.19. The summed E-state index contributed by atoms with van der Waals surface area (Å²) < 4.78 is 0. The van der Waals surface area contributed by atoms with Gasteiger partial charge in [-0.15, -0.1) is 0 Å². The van der Waals surface area contributed by atoms with Crippen LogP contribution in [0.25, 0.3) is 22.2 Å². The maximum atomic E-state index is 10.9. The molecule has 3 aromatic rings. The van der Waals surface area contributed by atoms with E-state index in [0.717, 1.165) is 10.9 Å². The van der Waals surface area contributed by atoms with Crippen molar-refractivity contribution in [2.45, 2.75) is 0 Å². The predicted molar refractivity (Wildman–Crippen MR) is 78.5 cm³/mol. The molecule has 0 atom stereocenters. The molecule has 0 spiro atoms. The van der Waals surface area contributed by atoms with Gasteiger partial charge in [-0.2, -0.15) is 5.10 Å². The first-order valence-electron chi connectivity index (χ1n) is 5.72. The second-order valence-corrected chi connectivity index (χ2v) is 5.17. The Labute approximate surface area is 123 Å². The summed E-state index contributed by atoms with van der Waals surface area (Å²) in [5, 5.41) is 17.9. The van der Waals surface area contributed by atoms with E-state index in [4.69, 9.17) is 28.3 Å². The van der Waals surface area contributed by atoms with Crippen molar-refractivity contribution in [3.8, 4) is 11.3 Å². The van der Waals surface area contributed by atoms with E-state index in [1.54, 1.807) is 30.3 Å². The Kier molecular flexibility index (Phi) is 3.12. The molecule has 0 fully saturated rings. The fraction of sp³-hybridized carbons (Fsp3) is 0. The summed E-state index contributed by atoms with van der Waals surface area (Å²) >= 11 is 12.0. The largest absolute Gasteiger partial charge is 0.478 e. The van der Waals surface area contributed by atoms with Gasteiger partial charge in [0.2, 0.25) is 0 Å². The van der Waals surface area contributed by atoms with Crippen molar-refractivity contribution >= 4 is 40.1 Å². The average molecular weight is 307 g/mol. The Bertz CT molecular complexity index is 807. The highest BCUT2D eigenvalue weighted by molar-refractivity contribution is 6.35. The van der Waals surface area contributed by atoms with Crippen molar-refractivity contribution in [2.24, 2.45) is 0 Å². The molecule has 1 aromatic heterocycles. The van der Waals surface area contributed by atoms with E-state index in [1.807, 2.05) is 0 Å². The maximum absolute atomic E-state index is 10.9. The number of aromatic nitrogens is 2. The number of carbonyl (C=O) groups is 1. The van der Waals surface area contributed by atoms with Gasteiger partial charge in [-0.25, -0.2) is 4.79 Å². The van der Waals surface area contributed by atoms with E-state index in [1.165, 1.54) is 6.07 Å². The van der Waals surface area contributed by atoms with E-state index in [9.17, 15) is 4.79 Å². The van der Waals surface area contributed by atoms with Crippen LogP contribution in [0.5, 0.6) is 0 Å². The number of nitrogens with one attached hydrogen (secondary N) is 1. The Morgan fingerprint density at radius 2 is 1.80 bits per heavy atom. The second kappa shape index (κ2) is 4.81. The molecule has 1 heterocycles. The summed E-state index contributed by atoms with van der Waals surface area (Å²) in [5.41, 5.74) is 2.31. The minimum atomic E-state index is -0.978. The number of halogens is 2. The summed E-state index contributed by atoms with van der Waals surface area (Å²) in [6, 6.07) is 9.95. The number of aromatic amines is 1. The van der Waals surface area contributed by atoms with Gasteiger partial charge >= 0.3 is 5.97 Å². The first kappa shape index (κ1) is 13.0. The first-order chi connectivity index (χ1) is 9.54. The maximum Gasteiger partial charge on any atom is 0.335 e. The summed E-state index contributed by atoms with van der Waals surface area (Å²) in [4.78, 5) is 10.9. The zero-order valence-corrected chi connectivity index (χ0v) is 11.5. The van der Waals surface area contributed by atoms with Crippen molar-refractivity contribution in [1.82, 2.24) is 10.2 Å². The highest BCUT2D eigenvalue weighted by atomic mass is 35.5. The quantitative estimate of drug-likeness (QED) is 0.744. The van der Waals surface area contributed by atoms with Gasteiger partial charge in [0.15, 0.2) is 0 Å². The van der Waals surface area contributed by atoms with Gasteiger partial charge < -0.3 is 5.11 Å². The third-order valence-corrected chi connectivity index (χ3v) is 3.38. The normalized spacial score (nSPS) is 10.9. The van der Waals surface area contributed by atoms with E-state index in [0.29, 0.717) is 21.3 Å². The molecule has 0 bridgehead atoms. The second-order valence-electron chi connectivity index (χ2n) is 4.30. The molecule has 6 heteroatoms. The van der Waals surface area contributed by atoms with Crippen molar-refractivity contribution in [3.05, 3.63) is 52.0 Å². The van der Waals surface area contributed by atoms with Crippen LogP contribution in [0.4, 0.5) is 0 Å². The lowest BCUT2D eigenvalue weighted by molar-refractivity contribution is 0.0697. The summed E-state index contributed by atoms with van der Waals surface area (Å²) in [6.07, 6.45) is 0. The fourth-order valence-electron chi connectivity index (χ4n) is 2.06. The van der Waals surface area contributed by atoms with E-state index in [2.05, 4.69) is 10.2 Å². The van der Waals surface area contributed by atoms with Gasteiger partial charge in [0, 0.05) is 21.0 Å². The molecule has 2 aromatic carbocycles. The van der Waals surface area contributed by atoms with E-state index < -0.39 is 5.97 Å². The average Bonchev–Trinajstić information content (AvgIpc) is 2.80. The third-order valence-electron chi connectivity index (χ3n) is 2.95. The van der Waals surface area contributed by atoms with Crippen molar-refractivity contribution < 1.29 is 9.90 Å². The van der Waals surface area contributed by atoms with Crippen molar-refractivity contribution in [3.63, 3.8) is 0 Å². The van der Waals surface area contributed by atoms with Crippen LogP contribution >= 0.6 is 23.2 Å². The number of carboxylic acids is 1. The molecule has 4 nitrogen and oxygen atoms in total. The van der Waals surface area contributed by atoms with Gasteiger partial charge in [0.25, 0.3) is 0 Å². The van der Waals surface area contributed by atoms with Crippen LogP contribution < -0.4 is 0 Å². The van der Waals surface area contributed by atoms with Gasteiger partial charge in [0.05, 0.1) is 16.8 Å². The highest BCUT2D eigenvalue weighted by Crippen LogP contribution is 2.31. The molecular weight excluding hydrogens is 299 g/mol. The monoisotopic (exact) mass is 306 g/mol. The molecule has 0 unspecified atom stereocenters. The summed E-state index contributed by atoms with van der Waals surface area (Å²) in [5.74, 6) is -0.978. The number of aromatic carboxylic acids is 1. The number of benzene rings is 2. The lowest BCUT2D eigenvalue weighted by Gasteiger charge is -2.01. The van der Waals surface area contributed by atoms with Gasteiger partial charge in [-0.1, -0.05) is 23.2 Å². The summed E-state index contributed by atoms with van der Waals surface area (Å²) in [7, 11) is 0. The molecule has 0 saturated carbocycles. The van der Waals surface area contributed by atoms with Gasteiger partial charge in [-0.05, 0) is 36.4 Å². The zero-order valence-electron chi connectivity index (χ0n) is 10.0.